The molecular weight excluding hydrogens is 421 g/mol. The summed E-state index contributed by atoms with van der Waals surface area (Å²) in [4.78, 5) is 10.4. The number of nitrogens with one attached hydrogen (secondary N) is 1. The lowest BCUT2D eigenvalue weighted by Gasteiger charge is -2.41. The van der Waals surface area contributed by atoms with Gasteiger partial charge in [0.15, 0.2) is 8.32 Å². The van der Waals surface area contributed by atoms with Crippen LogP contribution in [0, 0.1) is 5.82 Å². The Morgan fingerprint density at radius 3 is 2.59 bits per heavy atom. The average molecular weight is 456 g/mol. The quantitative estimate of drug-likeness (QED) is 0.458. The largest absolute Gasteiger partial charge is 0.496 e. The van der Waals surface area contributed by atoms with Crippen LogP contribution in [0.25, 0.3) is 22.2 Å². The van der Waals surface area contributed by atoms with Gasteiger partial charge in [-0.3, -0.25) is 4.90 Å². The zero-order valence-electron chi connectivity index (χ0n) is 20.0. The molecule has 32 heavy (non-hydrogen) atoms. The molecule has 0 saturated carbocycles. The Hall–Kier alpha value is -2.22. The number of halogens is 1. The fourth-order valence-electron chi connectivity index (χ4n) is 3.99. The van der Waals surface area contributed by atoms with Crippen LogP contribution in [0.4, 0.5) is 4.39 Å². The molecule has 1 aliphatic heterocycles. The van der Waals surface area contributed by atoms with Crippen LogP contribution in [0.15, 0.2) is 36.5 Å². The molecule has 0 bridgehead atoms. The summed E-state index contributed by atoms with van der Waals surface area (Å²) < 4.78 is 25.8. The van der Waals surface area contributed by atoms with Crippen molar-refractivity contribution in [2.45, 2.75) is 44.8 Å². The van der Waals surface area contributed by atoms with Crippen molar-refractivity contribution in [3.8, 4) is 16.9 Å². The van der Waals surface area contributed by atoms with E-state index in [-0.39, 0.29) is 10.9 Å². The minimum atomic E-state index is -1.69. The minimum Gasteiger partial charge on any atom is -0.496 e. The Kier molecular flexibility index (Phi) is 6.18. The first-order chi connectivity index (χ1) is 15.1. The fraction of sp³-hybridized carbons (Fsp3) is 0.480. The highest BCUT2D eigenvalue weighted by molar-refractivity contribution is 6.74. The van der Waals surface area contributed by atoms with Gasteiger partial charge in [-0.1, -0.05) is 20.8 Å². The van der Waals surface area contributed by atoms with Crippen molar-refractivity contribution in [1.29, 1.82) is 0 Å². The number of pyridine rings is 1. The zero-order chi connectivity index (χ0) is 23.1. The first-order valence-corrected chi connectivity index (χ1v) is 14.2. The van der Waals surface area contributed by atoms with E-state index < -0.39 is 8.32 Å². The number of fused-ring (bicyclic) bond motifs is 1. The molecule has 1 saturated heterocycles. The van der Waals surface area contributed by atoms with Gasteiger partial charge in [0.25, 0.3) is 0 Å². The van der Waals surface area contributed by atoms with E-state index in [0.29, 0.717) is 11.7 Å². The number of rotatable bonds is 7. The third-order valence-electron chi connectivity index (χ3n) is 7.08. The topological polar surface area (TPSA) is 50.4 Å². The lowest BCUT2D eigenvalue weighted by atomic mass is 9.95. The average Bonchev–Trinajstić information content (AvgIpc) is 3.12. The van der Waals surface area contributed by atoms with Crippen molar-refractivity contribution in [2.24, 2.45) is 0 Å². The second kappa shape index (κ2) is 8.61. The number of likely N-dealkylation sites (tertiary alicyclic amines) is 1. The van der Waals surface area contributed by atoms with Crippen molar-refractivity contribution in [3.05, 3.63) is 48.0 Å². The van der Waals surface area contributed by atoms with Crippen LogP contribution in [0.1, 0.15) is 32.4 Å². The highest BCUT2D eigenvalue weighted by Gasteiger charge is 2.37. The van der Waals surface area contributed by atoms with Crippen molar-refractivity contribution in [3.63, 3.8) is 0 Å². The van der Waals surface area contributed by atoms with E-state index in [2.05, 4.69) is 54.8 Å². The molecule has 0 amide bonds. The van der Waals surface area contributed by atoms with Gasteiger partial charge in [0.1, 0.15) is 17.2 Å². The van der Waals surface area contributed by atoms with Gasteiger partial charge < -0.3 is 14.1 Å². The van der Waals surface area contributed by atoms with Crippen molar-refractivity contribution >= 4 is 19.4 Å². The van der Waals surface area contributed by atoms with E-state index in [0.717, 1.165) is 48.4 Å². The molecule has 4 rings (SSSR count). The second-order valence-corrected chi connectivity index (χ2v) is 15.1. The highest BCUT2D eigenvalue weighted by Crippen LogP contribution is 2.38. The van der Waals surface area contributed by atoms with Crippen molar-refractivity contribution < 1.29 is 13.6 Å². The van der Waals surface area contributed by atoms with Gasteiger partial charge in [-0.05, 0) is 54.0 Å². The molecule has 7 heteroatoms. The van der Waals surface area contributed by atoms with E-state index in [1.165, 1.54) is 17.8 Å². The third kappa shape index (κ3) is 4.47. The molecule has 3 aromatic rings. The molecule has 5 nitrogen and oxygen atoms in total. The molecule has 1 aliphatic rings. The van der Waals surface area contributed by atoms with Crippen LogP contribution in [-0.4, -0.2) is 56.5 Å². The molecule has 0 radical (unpaired) electrons. The number of aromatic nitrogens is 2. The van der Waals surface area contributed by atoms with Crippen LogP contribution < -0.4 is 4.74 Å². The molecular formula is C25H34FN3O2Si. The Bertz CT molecular complexity index is 1100. The Labute approximate surface area is 191 Å². The first kappa shape index (κ1) is 23.0. The summed E-state index contributed by atoms with van der Waals surface area (Å²) in [6.45, 7) is 15.2. The predicted octanol–water partition coefficient (Wildman–Crippen LogP) is 5.80. The van der Waals surface area contributed by atoms with Crippen LogP contribution in [0.3, 0.4) is 0 Å². The molecule has 1 fully saturated rings. The van der Waals surface area contributed by atoms with E-state index in [1.807, 2.05) is 6.07 Å². The van der Waals surface area contributed by atoms with E-state index in [4.69, 9.17) is 9.16 Å². The fourth-order valence-corrected chi connectivity index (χ4v) is 5.02. The number of hydrogen-bond acceptors (Lipinski definition) is 4. The summed E-state index contributed by atoms with van der Waals surface area (Å²) in [7, 11) is -0.0856. The smallest absolute Gasteiger partial charge is 0.192 e. The first-order valence-electron chi connectivity index (χ1n) is 11.3. The maximum absolute atomic E-state index is 14.0. The van der Waals surface area contributed by atoms with Crippen LogP contribution in [-0.2, 0) is 4.43 Å². The number of aromatic amines is 1. The normalized spacial score (nSPS) is 15.8. The number of nitrogens with zero attached hydrogens (tertiary/aromatic N) is 2. The minimum absolute atomic E-state index is 0.240. The standard InChI is InChI=1S/C25H34FN3O2Si/c1-25(2,3)32(5,6)31-12-11-29-15-17(16-29)22-14-21-19(9-10-27-24(21)28-22)20-13-18(26)7-8-23(20)30-4/h7-10,13-14,17H,11-12,15-16H2,1-6H3,(H,27,28). The van der Waals surface area contributed by atoms with Gasteiger partial charge in [-0.25, -0.2) is 9.37 Å². The Morgan fingerprint density at radius 1 is 1.16 bits per heavy atom. The van der Waals surface area contributed by atoms with E-state index in [9.17, 15) is 4.39 Å². The van der Waals surface area contributed by atoms with Gasteiger partial charge in [0.2, 0.25) is 0 Å². The van der Waals surface area contributed by atoms with Gasteiger partial charge in [0.05, 0.1) is 7.11 Å². The Morgan fingerprint density at radius 2 is 1.91 bits per heavy atom. The molecule has 0 unspecified atom stereocenters. The molecule has 1 N–H and O–H groups in total. The molecule has 0 aliphatic carbocycles. The van der Waals surface area contributed by atoms with Gasteiger partial charge in [0, 0.05) is 55.0 Å². The predicted molar refractivity (Wildman–Crippen MR) is 130 cm³/mol. The van der Waals surface area contributed by atoms with Gasteiger partial charge >= 0.3 is 0 Å². The molecule has 1 aromatic carbocycles. The summed E-state index contributed by atoms with van der Waals surface area (Å²) in [6.07, 6.45) is 1.76. The van der Waals surface area contributed by atoms with Crippen LogP contribution in [0.2, 0.25) is 18.1 Å². The lowest BCUT2D eigenvalue weighted by molar-refractivity contribution is 0.116. The molecule has 0 spiro atoms. The summed E-state index contributed by atoms with van der Waals surface area (Å²) >= 11 is 0. The van der Waals surface area contributed by atoms with Crippen LogP contribution in [0.5, 0.6) is 5.75 Å². The van der Waals surface area contributed by atoms with Crippen molar-refractivity contribution in [1.82, 2.24) is 14.9 Å². The maximum atomic E-state index is 14.0. The number of ether oxygens (including phenoxy) is 1. The number of methoxy groups -OCH3 is 1. The zero-order valence-corrected chi connectivity index (χ0v) is 21.0. The number of H-pyrrole nitrogens is 1. The SMILES string of the molecule is COc1ccc(F)cc1-c1ccnc2[nH]c(C3CN(CCO[Si](C)(C)C(C)(C)C)C3)cc12. The number of benzene rings is 1. The summed E-state index contributed by atoms with van der Waals surface area (Å²) in [5.74, 6) is 0.814. The Balaban J connectivity index is 1.45. The summed E-state index contributed by atoms with van der Waals surface area (Å²) in [5.41, 5.74) is 3.66. The highest BCUT2D eigenvalue weighted by atomic mass is 28.4. The summed E-state index contributed by atoms with van der Waals surface area (Å²) in [6, 6.07) is 8.69. The second-order valence-electron chi connectivity index (χ2n) is 10.3. The van der Waals surface area contributed by atoms with Gasteiger partial charge in [-0.15, -0.1) is 0 Å². The maximum Gasteiger partial charge on any atom is 0.192 e. The van der Waals surface area contributed by atoms with Crippen LogP contribution >= 0.6 is 0 Å². The van der Waals surface area contributed by atoms with Crippen molar-refractivity contribution in [2.75, 3.05) is 33.4 Å². The molecule has 172 valence electrons. The third-order valence-corrected chi connectivity index (χ3v) is 11.6. The molecule has 0 atom stereocenters. The summed E-state index contributed by atoms with van der Waals surface area (Å²) in [5, 5.41) is 1.23. The lowest BCUT2D eigenvalue weighted by Crippen LogP contribution is -2.48. The number of hydrogen-bond donors (Lipinski definition) is 1. The molecule has 3 heterocycles. The van der Waals surface area contributed by atoms with E-state index in [1.54, 1.807) is 19.4 Å². The monoisotopic (exact) mass is 455 g/mol. The van der Waals surface area contributed by atoms with Gasteiger partial charge in [-0.2, -0.15) is 0 Å². The molecule has 2 aromatic heterocycles. The van der Waals surface area contributed by atoms with E-state index >= 15 is 0 Å².